The van der Waals surface area contributed by atoms with Gasteiger partial charge >= 0.3 is 5.69 Å². The highest BCUT2D eigenvalue weighted by Gasteiger charge is 2.19. The smallest absolute Gasteiger partial charge is 0.332 e. The zero-order valence-electron chi connectivity index (χ0n) is 18.9. The monoisotopic (exact) mass is 442 g/mol. The molecular formula is C22H26N4O6. The second-order valence-corrected chi connectivity index (χ2v) is 7.26. The first-order valence-electron chi connectivity index (χ1n) is 9.87. The van der Waals surface area contributed by atoms with Crippen molar-refractivity contribution in [1.29, 1.82) is 0 Å². The van der Waals surface area contributed by atoms with Gasteiger partial charge in [-0.3, -0.25) is 18.7 Å². The van der Waals surface area contributed by atoms with Gasteiger partial charge in [0, 0.05) is 26.3 Å². The highest BCUT2D eigenvalue weighted by Crippen LogP contribution is 2.38. The van der Waals surface area contributed by atoms with Gasteiger partial charge in [-0.2, -0.15) is 0 Å². The molecule has 1 N–H and O–H groups in total. The molecule has 0 aliphatic rings. The number of rotatable bonds is 7. The molecule has 0 radical (unpaired) electrons. The largest absolute Gasteiger partial charge is 0.493 e. The Hall–Kier alpha value is -3.82. The van der Waals surface area contributed by atoms with Crippen molar-refractivity contribution >= 4 is 16.9 Å². The molecule has 2 heterocycles. The number of nitrogens with one attached hydrogen (secondary N) is 1. The minimum Gasteiger partial charge on any atom is -0.493 e. The molecule has 1 aromatic carbocycles. The molecule has 170 valence electrons. The maximum absolute atomic E-state index is 13.0. The molecule has 0 unspecified atom stereocenters. The van der Waals surface area contributed by atoms with E-state index in [0.717, 1.165) is 10.1 Å². The number of carbonyl (C=O) groups excluding carboxylic acids is 1. The number of benzene rings is 1. The molecule has 0 fully saturated rings. The molecule has 32 heavy (non-hydrogen) atoms. The summed E-state index contributed by atoms with van der Waals surface area (Å²) in [6.07, 6.45) is 0.487. The predicted molar refractivity (Wildman–Crippen MR) is 119 cm³/mol. The Morgan fingerprint density at radius 2 is 1.62 bits per heavy atom. The van der Waals surface area contributed by atoms with Crippen LogP contribution in [0.15, 0.2) is 27.8 Å². The van der Waals surface area contributed by atoms with E-state index in [-0.39, 0.29) is 16.6 Å². The third kappa shape index (κ3) is 4.03. The van der Waals surface area contributed by atoms with Crippen LogP contribution in [-0.4, -0.2) is 47.9 Å². The predicted octanol–water partition coefficient (Wildman–Crippen LogP) is 0.939. The molecule has 0 aliphatic heterocycles. The number of fused-ring (bicyclic) bond motifs is 1. The summed E-state index contributed by atoms with van der Waals surface area (Å²) in [5.74, 6) is 1.10. The number of ether oxygens (including phenoxy) is 3. The molecule has 0 spiro atoms. The van der Waals surface area contributed by atoms with Gasteiger partial charge in [0.25, 0.3) is 11.5 Å². The lowest BCUT2D eigenvalue weighted by Crippen LogP contribution is -2.39. The summed E-state index contributed by atoms with van der Waals surface area (Å²) in [5, 5.41) is 2.94. The topological polar surface area (TPSA) is 114 Å². The Morgan fingerprint density at radius 1 is 1.00 bits per heavy atom. The van der Waals surface area contributed by atoms with Crippen molar-refractivity contribution in [2.45, 2.75) is 13.3 Å². The third-order valence-electron chi connectivity index (χ3n) is 5.21. The molecule has 0 bridgehead atoms. The van der Waals surface area contributed by atoms with Crippen molar-refractivity contribution in [1.82, 2.24) is 19.4 Å². The molecule has 10 nitrogen and oxygen atoms in total. The van der Waals surface area contributed by atoms with Gasteiger partial charge in [0.2, 0.25) is 5.75 Å². The van der Waals surface area contributed by atoms with Crippen LogP contribution in [-0.2, 0) is 20.5 Å². The second-order valence-electron chi connectivity index (χ2n) is 7.26. The number of methoxy groups -OCH3 is 3. The van der Waals surface area contributed by atoms with E-state index in [4.69, 9.17) is 14.2 Å². The molecule has 3 aromatic rings. The van der Waals surface area contributed by atoms with Gasteiger partial charge in [-0.05, 0) is 37.1 Å². The van der Waals surface area contributed by atoms with E-state index in [1.54, 1.807) is 13.0 Å². The van der Waals surface area contributed by atoms with Crippen LogP contribution in [0.3, 0.4) is 0 Å². The molecule has 3 rings (SSSR count). The van der Waals surface area contributed by atoms with Crippen molar-refractivity contribution < 1.29 is 19.0 Å². The average molecular weight is 442 g/mol. The fraction of sp³-hybridized carbons (Fsp3) is 0.364. The second kappa shape index (κ2) is 9.13. The third-order valence-corrected chi connectivity index (χ3v) is 5.21. The number of hydrogen-bond acceptors (Lipinski definition) is 7. The minimum atomic E-state index is -0.564. The maximum Gasteiger partial charge on any atom is 0.332 e. The fourth-order valence-electron chi connectivity index (χ4n) is 3.55. The Bertz CT molecular complexity index is 1280. The van der Waals surface area contributed by atoms with Gasteiger partial charge in [-0.25, -0.2) is 9.78 Å². The van der Waals surface area contributed by atoms with Crippen LogP contribution in [0.25, 0.3) is 11.0 Å². The van der Waals surface area contributed by atoms with Crippen molar-refractivity contribution in [3.05, 3.63) is 55.9 Å². The van der Waals surface area contributed by atoms with Crippen molar-refractivity contribution in [2.75, 3.05) is 27.9 Å². The standard InChI is InChI=1S/C22H26N4O6/c1-12-9-14(17-19(24-12)25(2)22(29)26(3)21(17)28)20(27)23-8-7-13-10-15(30-4)18(32-6)16(11-13)31-5/h9-11H,7-8H2,1-6H3,(H,23,27). The van der Waals surface area contributed by atoms with Crippen LogP contribution in [0.4, 0.5) is 0 Å². The van der Waals surface area contributed by atoms with E-state index < -0.39 is 17.2 Å². The zero-order chi connectivity index (χ0) is 23.6. The highest BCUT2D eigenvalue weighted by molar-refractivity contribution is 6.05. The van der Waals surface area contributed by atoms with Gasteiger partial charge in [0.05, 0.1) is 32.3 Å². The Kier molecular flexibility index (Phi) is 6.52. The molecule has 0 saturated heterocycles. The summed E-state index contributed by atoms with van der Waals surface area (Å²) in [4.78, 5) is 42.2. The number of aryl methyl sites for hydroxylation is 2. The number of hydrogen-bond donors (Lipinski definition) is 1. The van der Waals surface area contributed by atoms with Crippen LogP contribution in [0.5, 0.6) is 17.2 Å². The Labute approximate surface area is 184 Å². The molecule has 1 amide bonds. The zero-order valence-corrected chi connectivity index (χ0v) is 18.9. The molecule has 0 saturated carbocycles. The molecule has 10 heteroatoms. The maximum atomic E-state index is 13.0. The van der Waals surface area contributed by atoms with Crippen molar-refractivity contribution in [3.8, 4) is 17.2 Å². The lowest BCUT2D eigenvalue weighted by molar-refractivity contribution is 0.0955. The lowest BCUT2D eigenvalue weighted by atomic mass is 10.1. The summed E-state index contributed by atoms with van der Waals surface area (Å²) < 4.78 is 18.3. The first-order chi connectivity index (χ1) is 15.2. The summed E-state index contributed by atoms with van der Waals surface area (Å²) >= 11 is 0. The van der Waals surface area contributed by atoms with Crippen LogP contribution in [0.1, 0.15) is 21.6 Å². The van der Waals surface area contributed by atoms with Crippen LogP contribution in [0.2, 0.25) is 0 Å². The number of pyridine rings is 1. The van der Waals surface area contributed by atoms with E-state index >= 15 is 0 Å². The molecule has 2 aromatic heterocycles. The normalized spacial score (nSPS) is 10.8. The average Bonchev–Trinajstić information content (AvgIpc) is 2.79. The van der Waals surface area contributed by atoms with Crippen molar-refractivity contribution in [3.63, 3.8) is 0 Å². The Morgan fingerprint density at radius 3 is 2.19 bits per heavy atom. The van der Waals surface area contributed by atoms with Gasteiger partial charge < -0.3 is 19.5 Å². The van der Waals surface area contributed by atoms with E-state index in [2.05, 4.69) is 10.3 Å². The summed E-state index contributed by atoms with van der Waals surface area (Å²) in [5.41, 5.74) is 0.672. The van der Waals surface area contributed by atoms with E-state index in [1.165, 1.54) is 40.0 Å². The molecule has 0 atom stereocenters. The van der Waals surface area contributed by atoms with E-state index in [9.17, 15) is 14.4 Å². The Balaban J connectivity index is 1.90. The number of aromatic nitrogens is 3. The van der Waals surface area contributed by atoms with Gasteiger partial charge in [0.15, 0.2) is 11.5 Å². The number of carbonyl (C=O) groups is 1. The van der Waals surface area contributed by atoms with E-state index in [0.29, 0.717) is 35.9 Å². The SMILES string of the molecule is COc1cc(CCNC(=O)c2cc(C)nc3c2c(=O)n(C)c(=O)n3C)cc(OC)c1OC. The van der Waals surface area contributed by atoms with Gasteiger partial charge in [-0.1, -0.05) is 0 Å². The van der Waals surface area contributed by atoms with Gasteiger partial charge in [-0.15, -0.1) is 0 Å². The van der Waals surface area contributed by atoms with Gasteiger partial charge in [0.1, 0.15) is 5.65 Å². The summed E-state index contributed by atoms with van der Waals surface area (Å²) in [6, 6.07) is 5.17. The number of nitrogens with zero attached hydrogens (tertiary/aromatic N) is 3. The highest BCUT2D eigenvalue weighted by atomic mass is 16.5. The fourth-order valence-corrected chi connectivity index (χ4v) is 3.55. The molecule has 0 aliphatic carbocycles. The first kappa shape index (κ1) is 22.9. The summed E-state index contributed by atoms with van der Waals surface area (Å²) in [7, 11) is 7.49. The number of amides is 1. The van der Waals surface area contributed by atoms with Crippen LogP contribution in [0, 0.1) is 6.92 Å². The van der Waals surface area contributed by atoms with E-state index in [1.807, 2.05) is 12.1 Å². The van der Waals surface area contributed by atoms with Crippen LogP contribution < -0.4 is 30.8 Å². The lowest BCUT2D eigenvalue weighted by Gasteiger charge is -2.15. The quantitative estimate of drug-likeness (QED) is 0.579. The first-order valence-corrected chi connectivity index (χ1v) is 9.87. The minimum absolute atomic E-state index is 0.102. The molecular weight excluding hydrogens is 416 g/mol. The van der Waals surface area contributed by atoms with Crippen molar-refractivity contribution in [2.24, 2.45) is 14.1 Å². The van der Waals surface area contributed by atoms with Crippen LogP contribution >= 0.6 is 0 Å². The summed E-state index contributed by atoms with van der Waals surface area (Å²) in [6.45, 7) is 2.00.